The third kappa shape index (κ3) is 3.21. The molecule has 1 aromatic carbocycles. The van der Waals surface area contributed by atoms with Gasteiger partial charge in [0.15, 0.2) is 9.84 Å². The zero-order chi connectivity index (χ0) is 13.1. The van der Waals surface area contributed by atoms with Crippen LogP contribution in [0.2, 0.25) is 0 Å². The zero-order valence-electron chi connectivity index (χ0n) is 10.1. The number of anilines is 1. The summed E-state index contributed by atoms with van der Waals surface area (Å²) in [5.41, 5.74) is 0.738. The van der Waals surface area contributed by atoms with Crippen LogP contribution >= 0.6 is 0 Å². The van der Waals surface area contributed by atoms with Gasteiger partial charge in [0.05, 0.1) is 16.2 Å². The lowest BCUT2D eigenvalue weighted by molar-refractivity contribution is 0.587. The van der Waals surface area contributed by atoms with Crippen LogP contribution in [0, 0.1) is 11.3 Å². The molecular weight excluding hydrogens is 236 g/mol. The highest BCUT2D eigenvalue weighted by molar-refractivity contribution is 7.92. The van der Waals surface area contributed by atoms with Gasteiger partial charge in [-0.3, -0.25) is 0 Å². The smallest absolute Gasteiger partial charge is 0.180 e. The van der Waals surface area contributed by atoms with Crippen molar-refractivity contribution in [1.29, 1.82) is 5.26 Å². The first kappa shape index (κ1) is 13.5. The largest absolute Gasteiger partial charge is 0.370 e. The Bertz CT molecular complexity index is 512. The second-order valence-corrected chi connectivity index (χ2v) is 6.62. The average Bonchev–Trinajstić information content (AvgIpc) is 2.29. The van der Waals surface area contributed by atoms with Gasteiger partial charge in [-0.25, -0.2) is 8.42 Å². The molecule has 1 aromatic rings. The van der Waals surface area contributed by atoms with Gasteiger partial charge in [-0.05, 0) is 45.0 Å². The van der Waals surface area contributed by atoms with Crippen molar-refractivity contribution in [3.05, 3.63) is 24.3 Å². The van der Waals surface area contributed by atoms with Crippen LogP contribution in [0.25, 0.3) is 0 Å². The van der Waals surface area contributed by atoms with E-state index in [1.165, 1.54) is 0 Å². The van der Waals surface area contributed by atoms with Crippen molar-refractivity contribution in [3.63, 3.8) is 0 Å². The summed E-state index contributed by atoms with van der Waals surface area (Å²) in [4.78, 5) is 0.308. The highest BCUT2D eigenvalue weighted by Gasteiger charge is 2.18. The summed E-state index contributed by atoms with van der Waals surface area (Å²) in [6.07, 6.45) is 0. The molecule has 0 heterocycles. The maximum absolute atomic E-state index is 11.8. The first-order valence-electron chi connectivity index (χ1n) is 5.38. The van der Waals surface area contributed by atoms with Crippen molar-refractivity contribution in [1.82, 2.24) is 0 Å². The Morgan fingerprint density at radius 3 is 2.12 bits per heavy atom. The molecule has 0 aliphatic carbocycles. The summed E-state index contributed by atoms with van der Waals surface area (Å²) in [5, 5.41) is 11.2. The number of benzene rings is 1. The van der Waals surface area contributed by atoms with Crippen molar-refractivity contribution >= 4 is 15.5 Å². The van der Waals surface area contributed by atoms with E-state index < -0.39 is 15.1 Å². The predicted molar refractivity (Wildman–Crippen MR) is 67.5 cm³/mol. The minimum atomic E-state index is -3.22. The van der Waals surface area contributed by atoms with Crippen LogP contribution in [0.3, 0.4) is 0 Å². The van der Waals surface area contributed by atoms with Crippen LogP contribution in [-0.2, 0) is 9.84 Å². The maximum atomic E-state index is 11.8. The monoisotopic (exact) mass is 252 g/mol. The molecule has 17 heavy (non-hydrogen) atoms. The molecule has 0 saturated heterocycles. The minimum absolute atomic E-state index is 0.303. The van der Waals surface area contributed by atoms with Crippen LogP contribution in [0.1, 0.15) is 20.8 Å². The van der Waals surface area contributed by atoms with Crippen molar-refractivity contribution in [3.8, 4) is 6.07 Å². The van der Waals surface area contributed by atoms with Crippen molar-refractivity contribution in [2.45, 2.75) is 37.0 Å². The molecule has 0 amide bonds. The van der Waals surface area contributed by atoms with E-state index in [2.05, 4.69) is 5.32 Å². The van der Waals surface area contributed by atoms with E-state index in [4.69, 9.17) is 5.26 Å². The molecule has 5 heteroatoms. The summed E-state index contributed by atoms with van der Waals surface area (Å²) in [6, 6.07) is 8.20. The number of nitrogens with one attached hydrogen (secondary N) is 1. The van der Waals surface area contributed by atoms with Crippen LogP contribution < -0.4 is 5.32 Å². The second-order valence-electron chi connectivity index (χ2n) is 4.11. The third-order valence-electron chi connectivity index (χ3n) is 2.38. The number of sulfone groups is 1. The van der Waals surface area contributed by atoms with Gasteiger partial charge in [-0.1, -0.05) is 0 Å². The summed E-state index contributed by atoms with van der Waals surface area (Å²) < 4.78 is 23.7. The Morgan fingerprint density at radius 1 is 1.18 bits per heavy atom. The van der Waals surface area contributed by atoms with Gasteiger partial charge in [-0.15, -0.1) is 0 Å². The Labute approximate surface area is 102 Å². The van der Waals surface area contributed by atoms with Crippen molar-refractivity contribution < 1.29 is 8.42 Å². The molecule has 0 aromatic heterocycles. The molecule has 0 spiro atoms. The van der Waals surface area contributed by atoms with E-state index in [0.717, 1.165) is 5.69 Å². The molecule has 1 unspecified atom stereocenters. The minimum Gasteiger partial charge on any atom is -0.370 e. The van der Waals surface area contributed by atoms with E-state index in [9.17, 15) is 8.42 Å². The van der Waals surface area contributed by atoms with Gasteiger partial charge in [0.25, 0.3) is 0 Å². The lowest BCUT2D eigenvalue weighted by Gasteiger charge is -2.10. The summed E-state index contributed by atoms with van der Waals surface area (Å²) in [5.74, 6) is 0. The standard InChI is InChI=1S/C12H16N2O2S/c1-9(2)17(15,16)12-6-4-11(5-7-12)14-10(3)8-13/h4-7,9-10,14H,1-3H3. The fourth-order valence-corrected chi connectivity index (χ4v) is 2.36. The van der Waals surface area contributed by atoms with Crippen LogP contribution in [0.4, 0.5) is 5.69 Å². The molecule has 0 aliphatic rings. The van der Waals surface area contributed by atoms with Crippen molar-refractivity contribution in [2.75, 3.05) is 5.32 Å². The Hall–Kier alpha value is -1.54. The molecule has 0 saturated carbocycles. The van der Waals surface area contributed by atoms with E-state index in [1.807, 2.05) is 6.07 Å². The molecule has 92 valence electrons. The lowest BCUT2D eigenvalue weighted by Crippen LogP contribution is -2.15. The van der Waals surface area contributed by atoms with E-state index in [1.54, 1.807) is 45.0 Å². The highest BCUT2D eigenvalue weighted by atomic mass is 32.2. The van der Waals surface area contributed by atoms with Gasteiger partial charge in [-0.2, -0.15) is 5.26 Å². The van der Waals surface area contributed by atoms with Gasteiger partial charge in [0.2, 0.25) is 0 Å². The van der Waals surface area contributed by atoms with Crippen molar-refractivity contribution in [2.24, 2.45) is 0 Å². The molecule has 0 aliphatic heterocycles. The molecule has 1 atom stereocenters. The normalized spacial score (nSPS) is 13.1. The highest BCUT2D eigenvalue weighted by Crippen LogP contribution is 2.18. The number of hydrogen-bond donors (Lipinski definition) is 1. The SMILES string of the molecule is CC(C#N)Nc1ccc(S(=O)(=O)C(C)C)cc1. The molecular formula is C12H16N2O2S. The van der Waals surface area contributed by atoms with Gasteiger partial charge in [0, 0.05) is 5.69 Å². The predicted octanol–water partition coefficient (Wildman–Crippen LogP) is 2.19. The van der Waals surface area contributed by atoms with E-state index >= 15 is 0 Å². The average molecular weight is 252 g/mol. The summed E-state index contributed by atoms with van der Waals surface area (Å²) in [7, 11) is -3.22. The molecule has 1 rings (SSSR count). The van der Waals surface area contributed by atoms with Gasteiger partial charge < -0.3 is 5.32 Å². The fourth-order valence-electron chi connectivity index (χ4n) is 1.30. The number of nitrogens with zero attached hydrogens (tertiary/aromatic N) is 1. The molecule has 0 bridgehead atoms. The lowest BCUT2D eigenvalue weighted by atomic mass is 10.3. The first-order valence-corrected chi connectivity index (χ1v) is 6.92. The third-order valence-corrected chi connectivity index (χ3v) is 4.55. The van der Waals surface area contributed by atoms with Gasteiger partial charge in [0.1, 0.15) is 6.04 Å². The van der Waals surface area contributed by atoms with E-state index in [0.29, 0.717) is 4.90 Å². The Morgan fingerprint density at radius 2 is 1.71 bits per heavy atom. The second kappa shape index (κ2) is 5.19. The topological polar surface area (TPSA) is 70.0 Å². The molecule has 4 nitrogen and oxygen atoms in total. The van der Waals surface area contributed by atoms with Crippen LogP contribution in [0.5, 0.6) is 0 Å². The Balaban J connectivity index is 2.94. The number of hydrogen-bond acceptors (Lipinski definition) is 4. The first-order chi connectivity index (χ1) is 7.87. The van der Waals surface area contributed by atoms with Crippen LogP contribution in [-0.4, -0.2) is 19.7 Å². The fraction of sp³-hybridized carbons (Fsp3) is 0.417. The Kier molecular flexibility index (Phi) is 4.13. The molecule has 0 fully saturated rings. The molecule has 1 N–H and O–H groups in total. The van der Waals surface area contributed by atoms with Gasteiger partial charge >= 0.3 is 0 Å². The quantitative estimate of drug-likeness (QED) is 0.891. The maximum Gasteiger partial charge on any atom is 0.180 e. The molecule has 0 radical (unpaired) electrons. The zero-order valence-corrected chi connectivity index (χ0v) is 11.0. The van der Waals surface area contributed by atoms with Crippen LogP contribution in [0.15, 0.2) is 29.2 Å². The number of rotatable bonds is 4. The summed E-state index contributed by atoms with van der Waals surface area (Å²) in [6.45, 7) is 5.04. The number of nitriles is 1. The van der Waals surface area contributed by atoms with E-state index in [-0.39, 0.29) is 6.04 Å². The summed E-state index contributed by atoms with van der Waals surface area (Å²) >= 11 is 0.